The predicted molar refractivity (Wildman–Crippen MR) is 117 cm³/mol. The van der Waals surface area contributed by atoms with Crippen molar-refractivity contribution in [2.45, 2.75) is 6.92 Å². The van der Waals surface area contributed by atoms with E-state index >= 15 is 0 Å². The van der Waals surface area contributed by atoms with Crippen molar-refractivity contribution in [2.75, 3.05) is 17.2 Å². The Hall–Kier alpha value is -3.28. The minimum Gasteiger partial charge on any atom is -0.462 e. The summed E-state index contributed by atoms with van der Waals surface area (Å²) in [7, 11) is 0. The van der Waals surface area contributed by atoms with E-state index < -0.39 is 10.9 Å². The summed E-state index contributed by atoms with van der Waals surface area (Å²) in [6.45, 7) is 2.01. The summed E-state index contributed by atoms with van der Waals surface area (Å²) < 4.78 is 5.98. The zero-order chi connectivity index (χ0) is 20.8. The number of esters is 1. The number of aromatic nitrogens is 2. The molecule has 148 valence electrons. The summed E-state index contributed by atoms with van der Waals surface area (Å²) in [4.78, 5) is 30.9. The molecule has 29 heavy (non-hydrogen) atoms. The van der Waals surface area contributed by atoms with Gasteiger partial charge in [-0.05, 0) is 78.0 Å². The summed E-state index contributed by atoms with van der Waals surface area (Å²) in [5.41, 5.74) is 1.29. The van der Waals surface area contributed by atoms with Crippen LogP contribution in [0.2, 0.25) is 0 Å². The molecule has 0 aliphatic carbocycles. The molecule has 10 heteroatoms. The maximum Gasteiger partial charge on any atom is 0.353 e. The lowest BCUT2D eigenvalue weighted by atomic mass is 10.2. The summed E-state index contributed by atoms with van der Waals surface area (Å²) >= 11 is 2.17. The number of hydrogen-bond donors (Lipinski definition) is 2. The molecule has 0 radical (unpaired) electrons. The lowest BCUT2D eigenvalue weighted by molar-refractivity contribution is -0.383. The Morgan fingerprint density at radius 3 is 2.03 bits per heavy atom. The van der Waals surface area contributed by atoms with Crippen LogP contribution in [0.1, 0.15) is 17.3 Å². The fourth-order valence-electron chi connectivity index (χ4n) is 2.45. The van der Waals surface area contributed by atoms with Gasteiger partial charge in [-0.1, -0.05) is 0 Å². The van der Waals surface area contributed by atoms with Gasteiger partial charge in [-0.25, -0.2) is 14.8 Å². The van der Waals surface area contributed by atoms with Crippen molar-refractivity contribution in [1.29, 1.82) is 0 Å². The fraction of sp³-hybridized carbons (Fsp3) is 0.105. The molecular weight excluding hydrogens is 489 g/mol. The van der Waals surface area contributed by atoms with E-state index in [1.807, 2.05) is 12.1 Å². The highest BCUT2D eigenvalue weighted by atomic mass is 127. The van der Waals surface area contributed by atoms with Crippen LogP contribution < -0.4 is 10.6 Å². The van der Waals surface area contributed by atoms with Crippen LogP contribution >= 0.6 is 22.6 Å². The minimum atomic E-state index is -0.551. The van der Waals surface area contributed by atoms with Crippen molar-refractivity contribution < 1.29 is 14.5 Å². The molecule has 1 heterocycles. The molecule has 0 saturated heterocycles. The molecule has 0 unspecified atom stereocenters. The number of nitro groups is 1. The number of anilines is 4. The molecule has 0 amide bonds. The van der Waals surface area contributed by atoms with Gasteiger partial charge in [-0.15, -0.1) is 0 Å². The summed E-state index contributed by atoms with van der Waals surface area (Å²) in [5, 5.41) is 17.5. The molecule has 0 bridgehead atoms. The molecular formula is C19H16IN5O4. The number of carbonyl (C=O) groups is 1. The Balaban J connectivity index is 1.86. The topological polar surface area (TPSA) is 119 Å². The van der Waals surface area contributed by atoms with Gasteiger partial charge >= 0.3 is 11.7 Å². The summed E-state index contributed by atoms with van der Waals surface area (Å²) in [6.07, 6.45) is 1.23. The molecule has 1 aromatic heterocycles. The average Bonchev–Trinajstić information content (AvgIpc) is 2.70. The van der Waals surface area contributed by atoms with E-state index in [1.165, 1.54) is 6.33 Å². The zero-order valence-electron chi connectivity index (χ0n) is 15.3. The minimum absolute atomic E-state index is 0.0295. The van der Waals surface area contributed by atoms with Gasteiger partial charge in [0, 0.05) is 14.9 Å². The van der Waals surface area contributed by atoms with Crippen molar-refractivity contribution in [3.63, 3.8) is 0 Å². The predicted octanol–water partition coefficient (Wildman–Crippen LogP) is 4.65. The van der Waals surface area contributed by atoms with E-state index in [9.17, 15) is 14.9 Å². The SMILES string of the molecule is CCOC(=O)c1ccc(Nc2ncnc(Nc3ccc(I)cc3)c2[N+](=O)[O-])cc1. The maximum atomic E-state index is 11.7. The van der Waals surface area contributed by atoms with Gasteiger partial charge in [0.15, 0.2) is 0 Å². The Bertz CT molecular complexity index is 1030. The van der Waals surface area contributed by atoms with E-state index in [2.05, 4.69) is 43.2 Å². The molecule has 0 aliphatic rings. The van der Waals surface area contributed by atoms with Gasteiger partial charge in [0.1, 0.15) is 6.33 Å². The average molecular weight is 505 g/mol. The van der Waals surface area contributed by atoms with Crippen molar-refractivity contribution in [2.24, 2.45) is 0 Å². The van der Waals surface area contributed by atoms with E-state index in [0.29, 0.717) is 16.9 Å². The second kappa shape index (κ2) is 9.28. The monoisotopic (exact) mass is 505 g/mol. The van der Waals surface area contributed by atoms with Crippen LogP contribution in [-0.2, 0) is 4.74 Å². The van der Waals surface area contributed by atoms with Gasteiger partial charge in [0.25, 0.3) is 0 Å². The Kier molecular flexibility index (Phi) is 6.54. The number of hydrogen-bond acceptors (Lipinski definition) is 8. The first-order valence-electron chi connectivity index (χ1n) is 8.54. The molecule has 0 spiro atoms. The highest BCUT2D eigenvalue weighted by Gasteiger charge is 2.23. The molecule has 0 atom stereocenters. The number of nitrogens with zero attached hydrogens (tertiary/aromatic N) is 3. The van der Waals surface area contributed by atoms with Crippen LogP contribution in [0.4, 0.5) is 28.7 Å². The number of ether oxygens (including phenoxy) is 1. The van der Waals surface area contributed by atoms with Gasteiger partial charge in [0.2, 0.25) is 11.6 Å². The van der Waals surface area contributed by atoms with Crippen LogP contribution in [0.3, 0.4) is 0 Å². The third-order valence-corrected chi connectivity index (χ3v) is 4.49. The smallest absolute Gasteiger partial charge is 0.353 e. The highest BCUT2D eigenvalue weighted by Crippen LogP contribution is 2.33. The van der Waals surface area contributed by atoms with Crippen LogP contribution in [0.25, 0.3) is 0 Å². The van der Waals surface area contributed by atoms with Crippen LogP contribution in [0.15, 0.2) is 54.9 Å². The number of nitrogens with one attached hydrogen (secondary N) is 2. The number of carbonyl (C=O) groups excluding carboxylic acids is 1. The first kappa shape index (κ1) is 20.5. The zero-order valence-corrected chi connectivity index (χ0v) is 17.4. The Morgan fingerprint density at radius 1 is 1.03 bits per heavy atom. The van der Waals surface area contributed by atoms with Crippen molar-refractivity contribution in [3.05, 3.63) is 74.1 Å². The van der Waals surface area contributed by atoms with E-state index in [4.69, 9.17) is 4.74 Å². The lowest BCUT2D eigenvalue weighted by Crippen LogP contribution is -2.06. The van der Waals surface area contributed by atoms with E-state index in [1.54, 1.807) is 43.3 Å². The second-order valence-corrected chi connectivity index (χ2v) is 6.98. The first-order chi connectivity index (χ1) is 14.0. The molecule has 2 N–H and O–H groups in total. The molecule has 3 rings (SSSR count). The Morgan fingerprint density at radius 2 is 1.55 bits per heavy atom. The fourth-order valence-corrected chi connectivity index (χ4v) is 2.80. The number of halogens is 1. The molecule has 3 aromatic rings. The highest BCUT2D eigenvalue weighted by molar-refractivity contribution is 14.1. The standard InChI is InChI=1S/C19H16IN5O4/c1-2-29-19(26)12-3-7-14(8-4-12)23-17-16(25(27)28)18(22-11-21-17)24-15-9-5-13(20)6-10-15/h3-11H,2H2,1H3,(H2,21,22,23,24). The number of rotatable bonds is 7. The quantitative estimate of drug-likeness (QED) is 0.206. The lowest BCUT2D eigenvalue weighted by Gasteiger charge is -2.10. The molecule has 0 aliphatic heterocycles. The largest absolute Gasteiger partial charge is 0.462 e. The van der Waals surface area contributed by atoms with Crippen molar-refractivity contribution in [3.8, 4) is 0 Å². The maximum absolute atomic E-state index is 11.7. The summed E-state index contributed by atoms with van der Waals surface area (Å²) in [5.74, 6) is -0.338. The first-order valence-corrected chi connectivity index (χ1v) is 9.62. The van der Waals surface area contributed by atoms with Gasteiger partial charge in [-0.3, -0.25) is 10.1 Å². The molecule has 9 nitrogen and oxygen atoms in total. The molecule has 0 fully saturated rings. The van der Waals surface area contributed by atoms with Crippen molar-refractivity contribution in [1.82, 2.24) is 9.97 Å². The van der Waals surface area contributed by atoms with Gasteiger partial charge < -0.3 is 15.4 Å². The van der Waals surface area contributed by atoms with Gasteiger partial charge in [-0.2, -0.15) is 0 Å². The molecule has 0 saturated carbocycles. The van der Waals surface area contributed by atoms with Crippen molar-refractivity contribution >= 4 is 57.3 Å². The van der Waals surface area contributed by atoms with Crippen LogP contribution in [-0.4, -0.2) is 27.5 Å². The number of benzene rings is 2. The third-order valence-electron chi connectivity index (χ3n) is 3.77. The van der Waals surface area contributed by atoms with E-state index in [0.717, 1.165) is 3.57 Å². The Labute approximate surface area is 179 Å². The second-order valence-electron chi connectivity index (χ2n) is 5.73. The summed E-state index contributed by atoms with van der Waals surface area (Å²) in [6, 6.07) is 13.7. The van der Waals surface area contributed by atoms with E-state index in [-0.39, 0.29) is 23.9 Å². The third kappa shape index (κ3) is 5.16. The normalized spacial score (nSPS) is 10.3. The van der Waals surface area contributed by atoms with Crippen LogP contribution in [0, 0.1) is 13.7 Å². The van der Waals surface area contributed by atoms with Gasteiger partial charge in [0.05, 0.1) is 17.1 Å². The molecule has 2 aromatic carbocycles. The van der Waals surface area contributed by atoms with Crippen LogP contribution in [0.5, 0.6) is 0 Å².